The number of esters is 1. The van der Waals surface area contributed by atoms with Gasteiger partial charge in [0.2, 0.25) is 0 Å². The van der Waals surface area contributed by atoms with E-state index in [0.717, 1.165) is 42.4 Å². The number of ether oxygens (including phenoxy) is 1. The molecule has 5 nitrogen and oxygen atoms in total. The zero-order chi connectivity index (χ0) is 24.1. The van der Waals surface area contributed by atoms with Crippen LogP contribution in [0, 0.1) is 12.8 Å². The van der Waals surface area contributed by atoms with Gasteiger partial charge in [-0.3, -0.25) is 8.98 Å². The van der Waals surface area contributed by atoms with Crippen LogP contribution in [0.5, 0.6) is 0 Å². The van der Waals surface area contributed by atoms with Crippen molar-refractivity contribution in [3.63, 3.8) is 0 Å². The van der Waals surface area contributed by atoms with Crippen molar-refractivity contribution in [1.82, 2.24) is 0 Å². The molecule has 1 aliphatic rings. The van der Waals surface area contributed by atoms with Gasteiger partial charge in [0, 0.05) is 0 Å². The lowest BCUT2D eigenvalue weighted by molar-refractivity contribution is -0.158. The molecule has 0 amide bonds. The average Bonchev–Trinajstić information content (AvgIpc) is 3.25. The molecule has 6 heteroatoms. The van der Waals surface area contributed by atoms with Gasteiger partial charge >= 0.3 is 5.97 Å². The third-order valence-corrected chi connectivity index (χ3v) is 7.31. The SMILES string of the molecule is Cc1cccc(S(=O)(=O)OCCCc2ccc(C(C(=O)OC(C)(C)C)C3CCCC3)cc2)c1. The van der Waals surface area contributed by atoms with Crippen molar-refractivity contribution in [2.45, 2.75) is 82.6 Å². The van der Waals surface area contributed by atoms with Crippen molar-refractivity contribution in [1.29, 1.82) is 0 Å². The van der Waals surface area contributed by atoms with Gasteiger partial charge < -0.3 is 4.74 Å². The third kappa shape index (κ3) is 7.41. The molecule has 180 valence electrons. The van der Waals surface area contributed by atoms with E-state index in [0.29, 0.717) is 18.8 Å². The van der Waals surface area contributed by atoms with E-state index in [4.69, 9.17) is 8.92 Å². The topological polar surface area (TPSA) is 69.7 Å². The molecule has 3 rings (SSSR count). The van der Waals surface area contributed by atoms with Crippen molar-refractivity contribution in [3.8, 4) is 0 Å². The zero-order valence-corrected chi connectivity index (χ0v) is 21.0. The largest absolute Gasteiger partial charge is 0.459 e. The van der Waals surface area contributed by atoms with Crippen LogP contribution in [0.4, 0.5) is 0 Å². The molecule has 33 heavy (non-hydrogen) atoms. The highest BCUT2D eigenvalue weighted by Crippen LogP contribution is 2.39. The Morgan fingerprint density at radius 2 is 1.73 bits per heavy atom. The van der Waals surface area contributed by atoms with Gasteiger partial charge in [0.1, 0.15) is 5.60 Å². The van der Waals surface area contributed by atoms with Crippen LogP contribution in [0.3, 0.4) is 0 Å². The van der Waals surface area contributed by atoms with Gasteiger partial charge in [-0.15, -0.1) is 0 Å². The van der Waals surface area contributed by atoms with Crippen molar-refractivity contribution < 1.29 is 22.1 Å². The maximum atomic E-state index is 13.0. The number of hydrogen-bond acceptors (Lipinski definition) is 5. The van der Waals surface area contributed by atoms with Crippen LogP contribution in [-0.4, -0.2) is 26.6 Å². The van der Waals surface area contributed by atoms with E-state index >= 15 is 0 Å². The Labute approximate surface area is 198 Å². The molecule has 2 aromatic carbocycles. The highest BCUT2D eigenvalue weighted by atomic mass is 32.2. The van der Waals surface area contributed by atoms with E-state index < -0.39 is 15.7 Å². The van der Waals surface area contributed by atoms with Crippen LogP contribution < -0.4 is 0 Å². The normalized spacial score (nSPS) is 16.0. The maximum absolute atomic E-state index is 13.0. The molecule has 0 aliphatic heterocycles. The Kier molecular flexibility index (Phi) is 8.35. The monoisotopic (exact) mass is 472 g/mol. The predicted octanol–water partition coefficient (Wildman–Crippen LogP) is 5.95. The molecule has 0 saturated heterocycles. The standard InChI is InChI=1S/C27H36O5S/c1-20-9-7-13-24(19-20)33(29,30)31-18-8-10-21-14-16-23(17-15-21)25(22-11-5-6-12-22)26(28)32-27(2,3)4/h7,9,13-17,19,22,25H,5-6,8,10-12,18H2,1-4H3. The first-order chi connectivity index (χ1) is 15.5. The Morgan fingerprint density at radius 3 is 2.33 bits per heavy atom. The van der Waals surface area contributed by atoms with Gasteiger partial charge in [-0.1, -0.05) is 49.2 Å². The number of carbonyl (C=O) groups is 1. The number of aryl methyl sites for hydroxylation is 2. The maximum Gasteiger partial charge on any atom is 0.314 e. The van der Waals surface area contributed by atoms with Crippen molar-refractivity contribution in [2.75, 3.05) is 6.61 Å². The van der Waals surface area contributed by atoms with E-state index in [-0.39, 0.29) is 23.4 Å². The molecular formula is C27H36O5S. The first-order valence-corrected chi connectivity index (χ1v) is 13.2. The zero-order valence-electron chi connectivity index (χ0n) is 20.2. The lowest BCUT2D eigenvalue weighted by Crippen LogP contribution is -2.30. The summed E-state index contributed by atoms with van der Waals surface area (Å²) in [5.74, 6) is -0.0496. The minimum absolute atomic E-state index is 0.126. The molecule has 1 aliphatic carbocycles. The van der Waals surface area contributed by atoms with Gasteiger partial charge in [-0.2, -0.15) is 8.42 Å². The molecule has 0 radical (unpaired) electrons. The van der Waals surface area contributed by atoms with Gasteiger partial charge in [-0.25, -0.2) is 0 Å². The lowest BCUT2D eigenvalue weighted by Gasteiger charge is -2.27. The van der Waals surface area contributed by atoms with Crippen LogP contribution in [0.25, 0.3) is 0 Å². The lowest BCUT2D eigenvalue weighted by atomic mass is 9.84. The summed E-state index contributed by atoms with van der Waals surface area (Å²) < 4.78 is 35.6. The average molecular weight is 473 g/mol. The van der Waals surface area contributed by atoms with E-state index in [2.05, 4.69) is 0 Å². The molecule has 1 atom stereocenters. The highest BCUT2D eigenvalue weighted by Gasteiger charge is 2.35. The molecule has 0 heterocycles. The smallest absolute Gasteiger partial charge is 0.314 e. The fourth-order valence-electron chi connectivity index (χ4n) is 4.43. The predicted molar refractivity (Wildman–Crippen MR) is 130 cm³/mol. The fraction of sp³-hybridized carbons (Fsp3) is 0.519. The second kappa shape index (κ2) is 10.8. The Hall–Kier alpha value is -2.18. The summed E-state index contributed by atoms with van der Waals surface area (Å²) in [4.78, 5) is 13.2. The van der Waals surface area contributed by atoms with Crippen LogP contribution in [-0.2, 0) is 30.3 Å². The summed E-state index contributed by atoms with van der Waals surface area (Å²) in [6.45, 7) is 7.69. The summed E-state index contributed by atoms with van der Waals surface area (Å²) in [5, 5.41) is 0. The van der Waals surface area contributed by atoms with E-state index in [9.17, 15) is 13.2 Å². The van der Waals surface area contributed by atoms with Gasteiger partial charge in [-0.05, 0) is 88.1 Å². The number of hydrogen-bond donors (Lipinski definition) is 0. The van der Waals surface area contributed by atoms with Gasteiger partial charge in [0.25, 0.3) is 10.1 Å². The van der Waals surface area contributed by atoms with Gasteiger partial charge in [0.15, 0.2) is 0 Å². The van der Waals surface area contributed by atoms with Crippen LogP contribution in [0.1, 0.15) is 75.5 Å². The Bertz CT molecular complexity index is 1030. The van der Waals surface area contributed by atoms with Crippen LogP contribution >= 0.6 is 0 Å². The second-order valence-corrected chi connectivity index (χ2v) is 11.6. The molecule has 0 N–H and O–H groups in total. The third-order valence-electron chi connectivity index (χ3n) is 6.00. The molecule has 0 aromatic heterocycles. The van der Waals surface area contributed by atoms with Crippen molar-refractivity contribution >= 4 is 16.1 Å². The minimum Gasteiger partial charge on any atom is -0.459 e. The second-order valence-electron chi connectivity index (χ2n) is 9.99. The Morgan fingerprint density at radius 1 is 1.06 bits per heavy atom. The summed E-state index contributed by atoms with van der Waals surface area (Å²) in [6.07, 6.45) is 5.71. The van der Waals surface area contributed by atoms with Crippen molar-refractivity contribution in [3.05, 3.63) is 65.2 Å². The molecular weight excluding hydrogens is 436 g/mol. The fourth-order valence-corrected chi connectivity index (χ4v) is 5.48. The van der Waals surface area contributed by atoms with E-state index in [1.54, 1.807) is 18.2 Å². The van der Waals surface area contributed by atoms with Crippen LogP contribution in [0.2, 0.25) is 0 Å². The number of carbonyl (C=O) groups excluding carboxylic acids is 1. The minimum atomic E-state index is -3.74. The molecule has 2 aromatic rings. The van der Waals surface area contributed by atoms with E-state index in [1.807, 2.05) is 58.0 Å². The van der Waals surface area contributed by atoms with Gasteiger partial charge in [0.05, 0.1) is 17.4 Å². The first kappa shape index (κ1) is 25.4. The Balaban J connectivity index is 1.58. The summed E-state index contributed by atoms with van der Waals surface area (Å²) in [7, 11) is -3.74. The van der Waals surface area contributed by atoms with E-state index in [1.165, 1.54) is 0 Å². The molecule has 0 spiro atoms. The summed E-state index contributed by atoms with van der Waals surface area (Å²) in [5.41, 5.74) is 2.46. The van der Waals surface area contributed by atoms with Crippen molar-refractivity contribution in [2.24, 2.45) is 5.92 Å². The quantitative estimate of drug-likeness (QED) is 0.256. The first-order valence-electron chi connectivity index (χ1n) is 11.8. The number of rotatable bonds is 9. The summed E-state index contributed by atoms with van der Waals surface area (Å²) >= 11 is 0. The highest BCUT2D eigenvalue weighted by molar-refractivity contribution is 7.86. The molecule has 1 fully saturated rings. The molecule has 1 saturated carbocycles. The number of benzene rings is 2. The summed E-state index contributed by atoms with van der Waals surface area (Å²) in [6, 6.07) is 14.8. The molecule has 0 bridgehead atoms. The molecule has 1 unspecified atom stereocenters. The van der Waals surface area contributed by atoms with Crippen LogP contribution in [0.15, 0.2) is 53.4 Å².